The molecule has 1 amide bonds. The van der Waals surface area contributed by atoms with E-state index >= 15 is 0 Å². The first-order valence-electron chi connectivity index (χ1n) is 9.69. The predicted molar refractivity (Wildman–Crippen MR) is 109 cm³/mol. The standard InChI is InChI=1S/C22H24N4O2/c27-21(16-26-17-23-20-10-5-4-9-19(20)22(26)28)25-12-6-11-24(13-14-25)15-18-7-2-1-3-8-18/h1-5,7-10,17H,6,11-16H2. The highest BCUT2D eigenvalue weighted by Gasteiger charge is 2.20. The van der Waals surface area contributed by atoms with E-state index in [1.54, 1.807) is 12.1 Å². The first kappa shape index (κ1) is 18.4. The topological polar surface area (TPSA) is 58.4 Å². The fourth-order valence-corrected chi connectivity index (χ4v) is 3.68. The molecule has 1 aromatic heterocycles. The van der Waals surface area contributed by atoms with E-state index in [-0.39, 0.29) is 18.0 Å². The molecule has 2 heterocycles. The van der Waals surface area contributed by atoms with E-state index in [0.717, 1.165) is 32.6 Å². The number of nitrogens with zero attached hydrogens (tertiary/aromatic N) is 4. The summed E-state index contributed by atoms with van der Waals surface area (Å²) in [5.41, 5.74) is 1.78. The number of carbonyl (C=O) groups excluding carboxylic acids is 1. The molecule has 6 heteroatoms. The van der Waals surface area contributed by atoms with Crippen LogP contribution in [0, 0.1) is 0 Å². The van der Waals surface area contributed by atoms with Crippen LogP contribution in [0.2, 0.25) is 0 Å². The summed E-state index contributed by atoms with van der Waals surface area (Å²) < 4.78 is 1.41. The van der Waals surface area contributed by atoms with Crippen molar-refractivity contribution in [3.8, 4) is 0 Å². The molecule has 1 saturated heterocycles. The van der Waals surface area contributed by atoms with Crippen molar-refractivity contribution in [3.63, 3.8) is 0 Å². The lowest BCUT2D eigenvalue weighted by atomic mass is 10.2. The number of rotatable bonds is 4. The van der Waals surface area contributed by atoms with Crippen LogP contribution < -0.4 is 5.56 Å². The van der Waals surface area contributed by atoms with E-state index in [0.29, 0.717) is 17.4 Å². The van der Waals surface area contributed by atoms with Crippen LogP contribution in [0.5, 0.6) is 0 Å². The number of hydrogen-bond donors (Lipinski definition) is 0. The molecule has 0 radical (unpaired) electrons. The zero-order valence-electron chi connectivity index (χ0n) is 15.8. The molecule has 144 valence electrons. The van der Waals surface area contributed by atoms with Gasteiger partial charge in [-0.05, 0) is 24.1 Å². The number of amides is 1. The minimum atomic E-state index is -0.167. The zero-order chi connectivity index (χ0) is 19.3. The maximum atomic E-state index is 12.8. The van der Waals surface area contributed by atoms with Gasteiger partial charge in [0, 0.05) is 32.7 Å². The SMILES string of the molecule is O=C(Cn1cnc2ccccc2c1=O)N1CCCN(Cc2ccccc2)CC1. The van der Waals surface area contributed by atoms with E-state index in [4.69, 9.17) is 0 Å². The van der Waals surface area contributed by atoms with Crippen molar-refractivity contribution in [1.82, 2.24) is 19.4 Å². The lowest BCUT2D eigenvalue weighted by Gasteiger charge is -2.22. The number of carbonyl (C=O) groups is 1. The van der Waals surface area contributed by atoms with Gasteiger partial charge in [-0.25, -0.2) is 4.98 Å². The van der Waals surface area contributed by atoms with Crippen LogP contribution in [0.1, 0.15) is 12.0 Å². The van der Waals surface area contributed by atoms with Crippen molar-refractivity contribution in [2.75, 3.05) is 26.2 Å². The maximum Gasteiger partial charge on any atom is 0.261 e. The Morgan fingerprint density at radius 3 is 2.57 bits per heavy atom. The molecule has 3 aromatic rings. The van der Waals surface area contributed by atoms with Crippen LogP contribution in [0.3, 0.4) is 0 Å². The fraction of sp³-hybridized carbons (Fsp3) is 0.318. The van der Waals surface area contributed by atoms with Crippen molar-refractivity contribution in [1.29, 1.82) is 0 Å². The second kappa shape index (κ2) is 8.35. The molecule has 1 aliphatic heterocycles. The average molecular weight is 376 g/mol. The van der Waals surface area contributed by atoms with Crippen molar-refractivity contribution >= 4 is 16.8 Å². The van der Waals surface area contributed by atoms with Gasteiger partial charge >= 0.3 is 0 Å². The predicted octanol–water partition coefficient (Wildman–Crippen LogP) is 2.13. The summed E-state index contributed by atoms with van der Waals surface area (Å²) in [6.45, 7) is 4.15. The molecule has 0 N–H and O–H groups in total. The van der Waals surface area contributed by atoms with Gasteiger partial charge in [-0.3, -0.25) is 19.1 Å². The minimum Gasteiger partial charge on any atom is -0.340 e. The molecular weight excluding hydrogens is 352 g/mol. The Balaban J connectivity index is 1.40. The van der Waals surface area contributed by atoms with Gasteiger partial charge in [0.1, 0.15) is 6.54 Å². The second-order valence-corrected chi connectivity index (χ2v) is 7.19. The summed E-state index contributed by atoms with van der Waals surface area (Å²) in [6, 6.07) is 17.6. The summed E-state index contributed by atoms with van der Waals surface area (Å²) in [5, 5.41) is 0.544. The maximum absolute atomic E-state index is 12.8. The number of para-hydroxylation sites is 1. The van der Waals surface area contributed by atoms with Crippen molar-refractivity contribution in [3.05, 3.63) is 76.8 Å². The fourth-order valence-electron chi connectivity index (χ4n) is 3.68. The van der Waals surface area contributed by atoms with Crippen molar-refractivity contribution in [2.24, 2.45) is 0 Å². The summed E-state index contributed by atoms with van der Waals surface area (Å²) in [5.74, 6) is -0.0271. The molecule has 0 unspecified atom stereocenters. The van der Waals surface area contributed by atoms with Gasteiger partial charge in [0.05, 0.1) is 17.2 Å². The Hall–Kier alpha value is -2.99. The highest BCUT2D eigenvalue weighted by atomic mass is 16.2. The lowest BCUT2D eigenvalue weighted by molar-refractivity contribution is -0.131. The molecule has 6 nitrogen and oxygen atoms in total. The second-order valence-electron chi connectivity index (χ2n) is 7.19. The molecular formula is C22H24N4O2. The Bertz CT molecular complexity index is 1020. The third-order valence-electron chi connectivity index (χ3n) is 5.23. The number of aromatic nitrogens is 2. The van der Waals surface area contributed by atoms with Gasteiger partial charge in [0.15, 0.2) is 0 Å². The van der Waals surface area contributed by atoms with Gasteiger partial charge in [-0.15, -0.1) is 0 Å². The average Bonchev–Trinajstić information content (AvgIpc) is 2.97. The Morgan fingerprint density at radius 2 is 1.71 bits per heavy atom. The third-order valence-corrected chi connectivity index (χ3v) is 5.23. The van der Waals surface area contributed by atoms with Gasteiger partial charge in [-0.2, -0.15) is 0 Å². The van der Waals surface area contributed by atoms with Gasteiger partial charge < -0.3 is 4.90 Å². The van der Waals surface area contributed by atoms with Crippen LogP contribution in [-0.2, 0) is 17.9 Å². The Labute approximate surface area is 164 Å². The molecule has 1 aliphatic rings. The minimum absolute atomic E-state index is 0.0271. The highest BCUT2D eigenvalue weighted by Crippen LogP contribution is 2.10. The summed E-state index contributed by atoms with van der Waals surface area (Å²) in [6.07, 6.45) is 2.41. The molecule has 4 rings (SSSR count). The van der Waals surface area contributed by atoms with Crippen LogP contribution in [0.15, 0.2) is 65.7 Å². The first-order valence-corrected chi connectivity index (χ1v) is 9.69. The van der Waals surface area contributed by atoms with E-state index in [9.17, 15) is 9.59 Å². The lowest BCUT2D eigenvalue weighted by Crippen LogP contribution is -2.39. The Morgan fingerprint density at radius 1 is 0.929 bits per heavy atom. The monoisotopic (exact) mass is 376 g/mol. The molecule has 0 spiro atoms. The summed E-state index contributed by atoms with van der Waals surface area (Å²) in [4.78, 5) is 34.0. The highest BCUT2D eigenvalue weighted by molar-refractivity contribution is 5.79. The summed E-state index contributed by atoms with van der Waals surface area (Å²) in [7, 11) is 0. The van der Waals surface area contributed by atoms with Crippen molar-refractivity contribution < 1.29 is 4.79 Å². The third kappa shape index (κ3) is 4.12. The smallest absolute Gasteiger partial charge is 0.261 e. The molecule has 0 aliphatic carbocycles. The molecule has 28 heavy (non-hydrogen) atoms. The zero-order valence-corrected chi connectivity index (χ0v) is 15.8. The molecule has 2 aromatic carbocycles. The number of benzene rings is 2. The van der Waals surface area contributed by atoms with E-state index in [1.807, 2.05) is 23.1 Å². The van der Waals surface area contributed by atoms with Crippen LogP contribution in [0.4, 0.5) is 0 Å². The number of hydrogen-bond acceptors (Lipinski definition) is 4. The van der Waals surface area contributed by atoms with E-state index in [2.05, 4.69) is 34.1 Å². The molecule has 0 atom stereocenters. The quantitative estimate of drug-likeness (QED) is 0.700. The Kier molecular flexibility index (Phi) is 5.48. The van der Waals surface area contributed by atoms with Gasteiger partial charge in [-0.1, -0.05) is 42.5 Å². The largest absolute Gasteiger partial charge is 0.340 e. The molecule has 0 bridgehead atoms. The van der Waals surface area contributed by atoms with Crippen LogP contribution in [0.25, 0.3) is 10.9 Å². The van der Waals surface area contributed by atoms with Crippen molar-refractivity contribution in [2.45, 2.75) is 19.5 Å². The van der Waals surface area contributed by atoms with Gasteiger partial charge in [0.2, 0.25) is 5.91 Å². The molecule has 0 saturated carbocycles. The molecule has 1 fully saturated rings. The van der Waals surface area contributed by atoms with Gasteiger partial charge in [0.25, 0.3) is 5.56 Å². The number of fused-ring (bicyclic) bond motifs is 1. The van der Waals surface area contributed by atoms with E-state index in [1.165, 1.54) is 16.5 Å². The summed E-state index contributed by atoms with van der Waals surface area (Å²) >= 11 is 0. The normalized spacial score (nSPS) is 15.5. The van der Waals surface area contributed by atoms with Crippen LogP contribution in [-0.4, -0.2) is 51.4 Å². The first-order chi connectivity index (χ1) is 13.7. The van der Waals surface area contributed by atoms with Crippen LogP contribution >= 0.6 is 0 Å². The van der Waals surface area contributed by atoms with E-state index < -0.39 is 0 Å².